The second-order valence-corrected chi connectivity index (χ2v) is 5.62. The summed E-state index contributed by atoms with van der Waals surface area (Å²) in [7, 11) is 0. The second kappa shape index (κ2) is 7.35. The standard InChI is InChI=1S/C16H21N3O2S/c1-3-12-9-13(6-5-11(12)2)17-14-10-15(20)19(7-4-8-22)16(21)18-14/h5-6,9-10,17,22H,3-4,7-8H2,1-2H3,(H,18,21). The molecule has 0 amide bonds. The Balaban J connectivity index is 2.27. The van der Waals surface area contributed by atoms with E-state index in [1.54, 1.807) is 0 Å². The van der Waals surface area contributed by atoms with Crippen LogP contribution in [0.3, 0.4) is 0 Å². The highest BCUT2D eigenvalue weighted by Crippen LogP contribution is 2.18. The highest BCUT2D eigenvalue weighted by atomic mass is 32.1. The Morgan fingerprint density at radius 3 is 2.68 bits per heavy atom. The summed E-state index contributed by atoms with van der Waals surface area (Å²) in [6.07, 6.45) is 1.61. The number of nitrogens with zero attached hydrogens (tertiary/aromatic N) is 1. The van der Waals surface area contributed by atoms with Crippen molar-refractivity contribution >= 4 is 24.1 Å². The summed E-state index contributed by atoms with van der Waals surface area (Å²) in [4.78, 5) is 26.7. The maximum Gasteiger partial charge on any atom is 0.329 e. The molecule has 0 aliphatic rings. The van der Waals surface area contributed by atoms with Crippen LogP contribution in [0.4, 0.5) is 11.5 Å². The van der Waals surface area contributed by atoms with E-state index >= 15 is 0 Å². The van der Waals surface area contributed by atoms with E-state index < -0.39 is 5.69 Å². The van der Waals surface area contributed by atoms with Crippen LogP contribution in [0.1, 0.15) is 24.5 Å². The van der Waals surface area contributed by atoms with E-state index in [1.165, 1.54) is 21.8 Å². The van der Waals surface area contributed by atoms with Gasteiger partial charge in [-0.1, -0.05) is 13.0 Å². The van der Waals surface area contributed by atoms with Crippen LogP contribution in [0.25, 0.3) is 0 Å². The van der Waals surface area contributed by atoms with Gasteiger partial charge in [0.1, 0.15) is 5.82 Å². The minimum absolute atomic E-state index is 0.309. The zero-order chi connectivity index (χ0) is 16.1. The van der Waals surface area contributed by atoms with Crippen LogP contribution < -0.4 is 16.6 Å². The molecule has 0 atom stereocenters. The van der Waals surface area contributed by atoms with Crippen molar-refractivity contribution in [1.82, 2.24) is 9.55 Å². The Labute approximate surface area is 134 Å². The molecule has 2 aromatic rings. The van der Waals surface area contributed by atoms with E-state index in [0.29, 0.717) is 24.5 Å². The second-order valence-electron chi connectivity index (χ2n) is 5.18. The van der Waals surface area contributed by atoms with Crippen molar-refractivity contribution < 1.29 is 0 Å². The van der Waals surface area contributed by atoms with E-state index in [1.807, 2.05) is 18.2 Å². The number of aryl methyl sites for hydroxylation is 2. The van der Waals surface area contributed by atoms with Crippen molar-refractivity contribution in [2.45, 2.75) is 33.2 Å². The van der Waals surface area contributed by atoms with Crippen molar-refractivity contribution in [1.29, 1.82) is 0 Å². The first-order valence-electron chi connectivity index (χ1n) is 7.36. The van der Waals surface area contributed by atoms with Gasteiger partial charge in [-0.2, -0.15) is 12.6 Å². The van der Waals surface area contributed by atoms with Crippen molar-refractivity contribution in [3.05, 3.63) is 56.2 Å². The van der Waals surface area contributed by atoms with Crippen LogP contribution in [0.2, 0.25) is 0 Å². The Kier molecular flexibility index (Phi) is 5.49. The van der Waals surface area contributed by atoms with Gasteiger partial charge in [-0.05, 0) is 48.8 Å². The minimum atomic E-state index is -0.403. The molecule has 0 saturated heterocycles. The van der Waals surface area contributed by atoms with Crippen LogP contribution in [0, 0.1) is 6.92 Å². The van der Waals surface area contributed by atoms with Crippen molar-refractivity contribution in [2.24, 2.45) is 0 Å². The third-order valence-corrected chi connectivity index (χ3v) is 3.89. The summed E-state index contributed by atoms with van der Waals surface area (Å²) in [6, 6.07) is 7.39. The van der Waals surface area contributed by atoms with Gasteiger partial charge in [0.2, 0.25) is 0 Å². The quantitative estimate of drug-likeness (QED) is 0.717. The molecule has 2 N–H and O–H groups in total. The third-order valence-electron chi connectivity index (χ3n) is 3.57. The monoisotopic (exact) mass is 319 g/mol. The van der Waals surface area contributed by atoms with Gasteiger partial charge in [0.05, 0.1) is 0 Å². The Morgan fingerprint density at radius 2 is 2.05 bits per heavy atom. The molecule has 2 rings (SSSR count). The molecule has 1 aromatic heterocycles. The van der Waals surface area contributed by atoms with Crippen LogP contribution in [-0.2, 0) is 13.0 Å². The van der Waals surface area contributed by atoms with Gasteiger partial charge in [0, 0.05) is 18.3 Å². The summed E-state index contributed by atoms with van der Waals surface area (Å²) >= 11 is 4.09. The Morgan fingerprint density at radius 1 is 1.27 bits per heavy atom. The van der Waals surface area contributed by atoms with E-state index in [0.717, 1.165) is 12.1 Å². The van der Waals surface area contributed by atoms with Crippen LogP contribution in [0.15, 0.2) is 33.9 Å². The summed E-state index contributed by atoms with van der Waals surface area (Å²) < 4.78 is 1.19. The number of aromatic nitrogens is 2. The molecular weight excluding hydrogens is 298 g/mol. The maximum absolute atomic E-state index is 12.0. The summed E-state index contributed by atoms with van der Waals surface area (Å²) in [5, 5.41) is 3.09. The first-order valence-corrected chi connectivity index (χ1v) is 8.00. The lowest BCUT2D eigenvalue weighted by Crippen LogP contribution is -2.35. The molecule has 0 aliphatic heterocycles. The van der Waals surface area contributed by atoms with Crippen molar-refractivity contribution in [2.75, 3.05) is 11.1 Å². The fourth-order valence-corrected chi connectivity index (χ4v) is 2.46. The molecule has 22 heavy (non-hydrogen) atoms. The molecule has 1 heterocycles. The summed E-state index contributed by atoms with van der Waals surface area (Å²) in [5.41, 5.74) is 2.60. The minimum Gasteiger partial charge on any atom is -0.342 e. The number of hydrogen-bond donors (Lipinski definition) is 3. The summed E-state index contributed by atoms with van der Waals surface area (Å²) in [6.45, 7) is 4.53. The fraction of sp³-hybridized carbons (Fsp3) is 0.375. The third kappa shape index (κ3) is 3.82. The van der Waals surface area contributed by atoms with E-state index in [9.17, 15) is 9.59 Å². The highest BCUT2D eigenvalue weighted by Gasteiger charge is 2.05. The molecule has 0 spiro atoms. The molecule has 0 bridgehead atoms. The van der Waals surface area contributed by atoms with Crippen LogP contribution in [-0.4, -0.2) is 15.3 Å². The van der Waals surface area contributed by atoms with Gasteiger partial charge in [0.25, 0.3) is 5.56 Å². The molecule has 1 aromatic carbocycles. The zero-order valence-corrected chi connectivity index (χ0v) is 13.7. The number of aromatic amines is 1. The molecule has 0 radical (unpaired) electrons. The van der Waals surface area contributed by atoms with E-state index in [4.69, 9.17) is 0 Å². The first-order chi connectivity index (χ1) is 10.5. The summed E-state index contributed by atoms with van der Waals surface area (Å²) in [5.74, 6) is 1.04. The van der Waals surface area contributed by atoms with Gasteiger partial charge in [0.15, 0.2) is 0 Å². The molecule has 0 unspecified atom stereocenters. The molecule has 0 saturated carbocycles. The lowest BCUT2D eigenvalue weighted by molar-refractivity contribution is 0.620. The number of rotatable bonds is 6. The lowest BCUT2D eigenvalue weighted by atomic mass is 10.1. The average Bonchev–Trinajstić information content (AvgIpc) is 2.48. The fourth-order valence-electron chi connectivity index (χ4n) is 2.31. The Hall–Kier alpha value is -1.95. The van der Waals surface area contributed by atoms with Crippen molar-refractivity contribution in [3.63, 3.8) is 0 Å². The molecule has 0 aliphatic carbocycles. The van der Waals surface area contributed by atoms with Crippen molar-refractivity contribution in [3.8, 4) is 0 Å². The van der Waals surface area contributed by atoms with Gasteiger partial charge in [-0.3, -0.25) is 14.3 Å². The number of benzene rings is 1. The smallest absolute Gasteiger partial charge is 0.329 e. The number of H-pyrrole nitrogens is 1. The topological polar surface area (TPSA) is 66.9 Å². The lowest BCUT2D eigenvalue weighted by Gasteiger charge is -2.10. The van der Waals surface area contributed by atoms with E-state index in [-0.39, 0.29) is 5.56 Å². The number of nitrogens with one attached hydrogen (secondary N) is 2. The van der Waals surface area contributed by atoms with Gasteiger partial charge in [-0.15, -0.1) is 0 Å². The number of hydrogen-bond acceptors (Lipinski definition) is 4. The predicted octanol–water partition coefficient (Wildman–Crippen LogP) is 2.47. The van der Waals surface area contributed by atoms with E-state index in [2.05, 4.69) is 36.8 Å². The average molecular weight is 319 g/mol. The maximum atomic E-state index is 12.0. The van der Waals surface area contributed by atoms with Crippen LogP contribution >= 0.6 is 12.6 Å². The van der Waals surface area contributed by atoms with Gasteiger partial charge < -0.3 is 5.32 Å². The normalized spacial score (nSPS) is 10.7. The van der Waals surface area contributed by atoms with Gasteiger partial charge in [-0.25, -0.2) is 4.79 Å². The molecule has 118 valence electrons. The molecule has 0 fully saturated rings. The van der Waals surface area contributed by atoms with Crippen LogP contribution in [0.5, 0.6) is 0 Å². The highest BCUT2D eigenvalue weighted by molar-refractivity contribution is 7.80. The molecule has 5 nitrogen and oxygen atoms in total. The molecule has 6 heteroatoms. The van der Waals surface area contributed by atoms with Gasteiger partial charge >= 0.3 is 5.69 Å². The predicted molar refractivity (Wildman–Crippen MR) is 93.6 cm³/mol. The first kappa shape index (κ1) is 16.4. The largest absolute Gasteiger partial charge is 0.342 e. The molecular formula is C16H21N3O2S. The number of anilines is 2. The SMILES string of the molecule is CCc1cc(Nc2cc(=O)n(CCCS)c(=O)[nH]2)ccc1C. The zero-order valence-electron chi connectivity index (χ0n) is 12.8. The Bertz CT molecular complexity index is 733. The number of thiol groups is 1.